The van der Waals surface area contributed by atoms with Crippen LogP contribution in [0.3, 0.4) is 0 Å². The third-order valence-corrected chi connectivity index (χ3v) is 4.18. The summed E-state index contributed by atoms with van der Waals surface area (Å²) in [6, 6.07) is 6.62. The van der Waals surface area contributed by atoms with Gasteiger partial charge >= 0.3 is 0 Å². The van der Waals surface area contributed by atoms with Gasteiger partial charge in [0.05, 0.1) is 12.7 Å². The summed E-state index contributed by atoms with van der Waals surface area (Å²) in [6.07, 6.45) is 6.66. The monoisotopic (exact) mass is 275 g/mol. The normalized spacial score (nSPS) is 16.4. The summed E-state index contributed by atoms with van der Waals surface area (Å²) >= 11 is 0. The molecule has 4 nitrogen and oxygen atoms in total. The zero-order valence-corrected chi connectivity index (χ0v) is 12.5. The minimum Gasteiger partial charge on any atom is -0.496 e. The van der Waals surface area contributed by atoms with Crippen LogP contribution in [0, 0.1) is 5.41 Å². The molecular formula is C16H25N3O. The molecule has 0 saturated heterocycles. The Balaban J connectivity index is 2.08. The second kappa shape index (κ2) is 6.75. The molecule has 1 aliphatic carbocycles. The van der Waals surface area contributed by atoms with Gasteiger partial charge in [-0.3, -0.25) is 10.3 Å². The summed E-state index contributed by atoms with van der Waals surface area (Å²) in [7, 11) is 3.79. The number of hydrogen-bond acceptors (Lipinski definition) is 3. The molecule has 0 bridgehead atoms. The molecule has 3 N–H and O–H groups in total. The molecule has 1 aliphatic rings. The maximum Gasteiger partial charge on any atom is 0.129 e. The Morgan fingerprint density at radius 3 is 2.65 bits per heavy atom. The van der Waals surface area contributed by atoms with Gasteiger partial charge in [0.1, 0.15) is 11.6 Å². The Morgan fingerprint density at radius 2 is 2.05 bits per heavy atom. The van der Waals surface area contributed by atoms with E-state index in [-0.39, 0.29) is 5.84 Å². The molecule has 0 heterocycles. The van der Waals surface area contributed by atoms with E-state index in [4.69, 9.17) is 15.9 Å². The molecule has 0 amide bonds. The number of methoxy groups -OCH3 is 1. The molecule has 0 unspecified atom stereocenters. The van der Waals surface area contributed by atoms with E-state index in [1.807, 2.05) is 12.1 Å². The second-order valence-corrected chi connectivity index (χ2v) is 5.66. The minimum atomic E-state index is 0.0593. The van der Waals surface area contributed by atoms with Crippen molar-refractivity contribution in [1.82, 2.24) is 4.90 Å². The number of nitrogens with one attached hydrogen (secondary N) is 1. The van der Waals surface area contributed by atoms with Gasteiger partial charge in [-0.05, 0) is 37.6 Å². The summed E-state index contributed by atoms with van der Waals surface area (Å²) in [5.74, 6) is 0.727. The lowest BCUT2D eigenvalue weighted by atomic mass is 9.94. The molecular weight excluding hydrogens is 250 g/mol. The van der Waals surface area contributed by atoms with Gasteiger partial charge in [0.25, 0.3) is 0 Å². The van der Waals surface area contributed by atoms with Crippen molar-refractivity contribution in [1.29, 1.82) is 5.41 Å². The third-order valence-electron chi connectivity index (χ3n) is 4.18. The zero-order valence-electron chi connectivity index (χ0n) is 12.5. The summed E-state index contributed by atoms with van der Waals surface area (Å²) in [5.41, 5.74) is 7.49. The fourth-order valence-electron chi connectivity index (χ4n) is 3.00. The lowest BCUT2D eigenvalue weighted by Gasteiger charge is -2.31. The molecule has 4 heteroatoms. The molecule has 0 aromatic heterocycles. The van der Waals surface area contributed by atoms with Crippen LogP contribution in [0.15, 0.2) is 18.2 Å². The van der Waals surface area contributed by atoms with E-state index in [1.165, 1.54) is 37.7 Å². The van der Waals surface area contributed by atoms with E-state index in [2.05, 4.69) is 18.0 Å². The fraction of sp³-hybridized carbons (Fsp3) is 0.562. The maximum absolute atomic E-state index is 7.64. The Labute approximate surface area is 121 Å². The first-order valence-corrected chi connectivity index (χ1v) is 7.33. The Hall–Kier alpha value is -1.55. The quantitative estimate of drug-likeness (QED) is 0.641. The number of rotatable bonds is 5. The molecule has 0 spiro atoms. The molecule has 1 aromatic rings. The number of hydrogen-bond donors (Lipinski definition) is 2. The standard InChI is InChI=1S/C16H25N3O/c1-19(13-6-4-3-5-7-13)11-12-8-9-15(20-2)14(10-12)16(17)18/h8-10,13H,3-7,11H2,1-2H3,(H3,17,18). The van der Waals surface area contributed by atoms with E-state index in [1.54, 1.807) is 7.11 Å². The van der Waals surface area contributed by atoms with E-state index in [0.29, 0.717) is 17.4 Å². The van der Waals surface area contributed by atoms with Gasteiger partial charge in [-0.15, -0.1) is 0 Å². The molecule has 2 rings (SSSR count). The minimum absolute atomic E-state index is 0.0593. The van der Waals surface area contributed by atoms with Crippen molar-refractivity contribution >= 4 is 5.84 Å². The highest BCUT2D eigenvalue weighted by Crippen LogP contribution is 2.24. The van der Waals surface area contributed by atoms with Crippen LogP contribution in [0.2, 0.25) is 0 Å². The van der Waals surface area contributed by atoms with E-state index >= 15 is 0 Å². The van der Waals surface area contributed by atoms with E-state index in [9.17, 15) is 0 Å². The molecule has 1 fully saturated rings. The Kier molecular flexibility index (Phi) is 5.01. The van der Waals surface area contributed by atoms with Crippen molar-refractivity contribution < 1.29 is 4.74 Å². The second-order valence-electron chi connectivity index (χ2n) is 5.66. The van der Waals surface area contributed by atoms with Crippen LogP contribution < -0.4 is 10.5 Å². The summed E-state index contributed by atoms with van der Waals surface area (Å²) in [4.78, 5) is 2.42. The predicted molar refractivity (Wildman–Crippen MR) is 82.4 cm³/mol. The van der Waals surface area contributed by atoms with Crippen LogP contribution >= 0.6 is 0 Å². The predicted octanol–water partition coefficient (Wildman–Crippen LogP) is 2.74. The average Bonchev–Trinajstić information content (AvgIpc) is 2.48. The molecule has 110 valence electrons. The smallest absolute Gasteiger partial charge is 0.129 e. The van der Waals surface area contributed by atoms with Crippen LogP contribution in [-0.4, -0.2) is 30.9 Å². The largest absolute Gasteiger partial charge is 0.496 e. The lowest BCUT2D eigenvalue weighted by Crippen LogP contribution is -2.32. The van der Waals surface area contributed by atoms with Gasteiger partial charge < -0.3 is 10.5 Å². The SMILES string of the molecule is COc1ccc(CN(C)C2CCCCC2)cc1C(=N)N. The topological polar surface area (TPSA) is 62.3 Å². The van der Waals surface area contributed by atoms with Crippen molar-refractivity contribution in [3.05, 3.63) is 29.3 Å². The Morgan fingerprint density at radius 1 is 1.35 bits per heavy atom. The van der Waals surface area contributed by atoms with Crippen molar-refractivity contribution in [2.45, 2.75) is 44.7 Å². The summed E-state index contributed by atoms with van der Waals surface area (Å²) < 4.78 is 5.25. The van der Waals surface area contributed by atoms with Crippen LogP contribution in [0.4, 0.5) is 0 Å². The van der Waals surface area contributed by atoms with Gasteiger partial charge in [0.15, 0.2) is 0 Å². The van der Waals surface area contributed by atoms with Gasteiger partial charge in [0, 0.05) is 12.6 Å². The summed E-state index contributed by atoms with van der Waals surface area (Å²) in [5, 5.41) is 7.64. The van der Waals surface area contributed by atoms with Gasteiger partial charge in [-0.25, -0.2) is 0 Å². The molecule has 0 aliphatic heterocycles. The third kappa shape index (κ3) is 3.51. The molecule has 0 radical (unpaired) electrons. The highest BCUT2D eigenvalue weighted by molar-refractivity contribution is 5.97. The van der Waals surface area contributed by atoms with Crippen LogP contribution in [0.1, 0.15) is 43.2 Å². The van der Waals surface area contributed by atoms with Crippen molar-refractivity contribution in [2.24, 2.45) is 5.73 Å². The highest BCUT2D eigenvalue weighted by atomic mass is 16.5. The number of nitrogens with zero attached hydrogens (tertiary/aromatic N) is 1. The van der Waals surface area contributed by atoms with Gasteiger partial charge in [-0.2, -0.15) is 0 Å². The average molecular weight is 275 g/mol. The van der Waals surface area contributed by atoms with Crippen molar-refractivity contribution in [3.63, 3.8) is 0 Å². The molecule has 1 aromatic carbocycles. The van der Waals surface area contributed by atoms with Gasteiger partial charge in [0.2, 0.25) is 0 Å². The van der Waals surface area contributed by atoms with Gasteiger partial charge in [-0.1, -0.05) is 25.3 Å². The van der Waals surface area contributed by atoms with Crippen LogP contribution in [0.25, 0.3) is 0 Å². The highest BCUT2D eigenvalue weighted by Gasteiger charge is 2.18. The van der Waals surface area contributed by atoms with Crippen molar-refractivity contribution in [3.8, 4) is 5.75 Å². The number of nitrogens with two attached hydrogens (primary N) is 1. The first kappa shape index (κ1) is 14.9. The number of nitrogen functional groups attached to an aromatic ring is 1. The molecule has 20 heavy (non-hydrogen) atoms. The maximum atomic E-state index is 7.64. The Bertz CT molecular complexity index is 467. The van der Waals surface area contributed by atoms with E-state index < -0.39 is 0 Å². The summed E-state index contributed by atoms with van der Waals surface area (Å²) in [6.45, 7) is 0.898. The van der Waals surface area contributed by atoms with Crippen LogP contribution in [-0.2, 0) is 6.54 Å². The van der Waals surface area contributed by atoms with Crippen LogP contribution in [0.5, 0.6) is 5.75 Å². The first-order chi connectivity index (χ1) is 9.61. The zero-order chi connectivity index (χ0) is 14.5. The number of benzene rings is 1. The fourth-order valence-corrected chi connectivity index (χ4v) is 3.00. The van der Waals surface area contributed by atoms with E-state index in [0.717, 1.165) is 6.54 Å². The lowest BCUT2D eigenvalue weighted by molar-refractivity contribution is 0.184. The number of amidine groups is 1. The molecule has 0 atom stereocenters. The first-order valence-electron chi connectivity index (χ1n) is 7.33. The van der Waals surface area contributed by atoms with Crippen molar-refractivity contribution in [2.75, 3.05) is 14.2 Å². The molecule has 1 saturated carbocycles. The number of ether oxygens (including phenoxy) is 1.